The second-order valence-electron chi connectivity index (χ2n) is 9.46. The van der Waals surface area contributed by atoms with Crippen molar-refractivity contribution in [1.82, 2.24) is 0 Å². The van der Waals surface area contributed by atoms with Crippen molar-refractivity contribution in [2.45, 2.75) is 71.3 Å². The van der Waals surface area contributed by atoms with Crippen LogP contribution in [0.2, 0.25) is 0 Å². The topological polar surface area (TPSA) is 33.5 Å². The molecule has 2 N–H and O–H groups in total. The molecule has 0 aromatic heterocycles. The average Bonchev–Trinajstić information content (AvgIpc) is 2.98. The third-order valence-electron chi connectivity index (χ3n) is 6.55. The molecule has 1 fully saturated rings. The first-order chi connectivity index (χ1) is 14.9. The Morgan fingerprint density at radius 2 is 1.55 bits per heavy atom. The lowest BCUT2D eigenvalue weighted by Gasteiger charge is -2.24. The minimum atomic E-state index is 0.0122. The van der Waals surface area contributed by atoms with Crippen molar-refractivity contribution < 1.29 is 9.69 Å². The average molecular weight is 420 g/mol. The highest BCUT2D eigenvalue weighted by molar-refractivity contribution is 6.06. The number of aryl methyl sites for hydroxylation is 3. The van der Waals surface area contributed by atoms with E-state index in [1.807, 2.05) is 31.2 Å². The van der Waals surface area contributed by atoms with E-state index in [0.717, 1.165) is 36.6 Å². The molecular weight excluding hydrogens is 380 g/mol. The summed E-state index contributed by atoms with van der Waals surface area (Å²) >= 11 is 0. The van der Waals surface area contributed by atoms with Gasteiger partial charge < -0.3 is 10.2 Å². The fraction of sp³-hybridized carbons (Fsp3) is 0.464. The molecule has 3 nitrogen and oxygen atoms in total. The molecule has 2 aromatic rings. The Labute approximate surface area is 188 Å². The first kappa shape index (κ1) is 23.3. The Morgan fingerprint density at radius 1 is 0.871 bits per heavy atom. The van der Waals surface area contributed by atoms with Gasteiger partial charge in [0.25, 0.3) is 5.91 Å². The molecule has 1 saturated carbocycles. The molecule has 0 saturated heterocycles. The zero-order valence-corrected chi connectivity index (χ0v) is 19.8. The Morgan fingerprint density at radius 3 is 2.19 bits per heavy atom. The maximum Gasteiger partial charge on any atom is 0.251 e. The number of quaternary nitrogens is 1. The van der Waals surface area contributed by atoms with Crippen molar-refractivity contribution >= 4 is 17.7 Å². The van der Waals surface area contributed by atoms with Crippen LogP contribution in [0.25, 0.3) is 6.08 Å². The van der Waals surface area contributed by atoms with Crippen LogP contribution in [0.3, 0.4) is 0 Å². The molecule has 0 spiro atoms. The molecule has 0 radical (unpaired) electrons. The van der Waals surface area contributed by atoms with Gasteiger partial charge in [-0.05, 0) is 88.1 Å². The van der Waals surface area contributed by atoms with Crippen LogP contribution in [0.5, 0.6) is 0 Å². The Bertz CT molecular complexity index is 890. The van der Waals surface area contributed by atoms with Gasteiger partial charge in [0.05, 0.1) is 20.1 Å². The lowest BCUT2D eigenvalue weighted by molar-refractivity contribution is -0.887. The van der Waals surface area contributed by atoms with Gasteiger partial charge in [0.15, 0.2) is 0 Å². The van der Waals surface area contributed by atoms with Gasteiger partial charge >= 0.3 is 0 Å². The maximum absolute atomic E-state index is 12.5. The Kier molecular flexibility index (Phi) is 8.48. The van der Waals surface area contributed by atoms with Crippen LogP contribution >= 0.6 is 0 Å². The zero-order valence-electron chi connectivity index (χ0n) is 19.8. The van der Waals surface area contributed by atoms with E-state index in [4.69, 9.17) is 0 Å². The smallest absolute Gasteiger partial charge is 0.251 e. The van der Waals surface area contributed by atoms with Gasteiger partial charge in [-0.2, -0.15) is 0 Å². The van der Waals surface area contributed by atoms with Crippen LogP contribution < -0.4 is 10.2 Å². The number of hydrogen-bond donors (Lipinski definition) is 2. The minimum Gasteiger partial charge on any atom is -0.337 e. The number of carbonyl (C=O) groups excluding carboxylic acids is 1. The highest BCUT2D eigenvalue weighted by Crippen LogP contribution is 2.25. The summed E-state index contributed by atoms with van der Waals surface area (Å²) in [6, 6.07) is 15.4. The summed E-state index contributed by atoms with van der Waals surface area (Å²) in [4.78, 5) is 14.2. The molecule has 0 aliphatic heterocycles. The van der Waals surface area contributed by atoms with E-state index in [9.17, 15) is 4.79 Å². The molecule has 0 unspecified atom stereocenters. The largest absolute Gasteiger partial charge is 0.337 e. The third-order valence-corrected chi connectivity index (χ3v) is 6.55. The van der Waals surface area contributed by atoms with Crippen molar-refractivity contribution in [1.29, 1.82) is 0 Å². The second kappa shape index (κ2) is 11.3. The van der Waals surface area contributed by atoms with Crippen LogP contribution in [0.15, 0.2) is 48.0 Å². The fourth-order valence-corrected chi connectivity index (χ4v) is 4.51. The summed E-state index contributed by atoms with van der Waals surface area (Å²) in [5, 5.41) is 3.00. The van der Waals surface area contributed by atoms with E-state index < -0.39 is 0 Å². The van der Waals surface area contributed by atoms with Crippen molar-refractivity contribution in [2.75, 3.05) is 19.4 Å². The summed E-state index contributed by atoms with van der Waals surface area (Å²) in [6.45, 7) is 4.13. The van der Waals surface area contributed by atoms with E-state index in [1.165, 1.54) is 54.4 Å². The van der Waals surface area contributed by atoms with E-state index in [2.05, 4.69) is 50.6 Å². The number of nitrogens with one attached hydrogen (secondary N) is 2. The van der Waals surface area contributed by atoms with Gasteiger partial charge in [-0.1, -0.05) is 47.9 Å². The van der Waals surface area contributed by atoms with Crippen molar-refractivity contribution in [3.05, 3.63) is 70.3 Å². The number of rotatable bonds is 3. The SMILES string of the molecule is C[NH+](C)C1CCCCC1.Cc1ccc(NC(=O)C2=Cc3cc(C)ccc3CCC2)cc1. The van der Waals surface area contributed by atoms with Gasteiger partial charge in [0, 0.05) is 11.3 Å². The van der Waals surface area contributed by atoms with Crippen molar-refractivity contribution in [2.24, 2.45) is 0 Å². The van der Waals surface area contributed by atoms with Gasteiger partial charge in [-0.3, -0.25) is 4.79 Å². The second-order valence-corrected chi connectivity index (χ2v) is 9.46. The summed E-state index contributed by atoms with van der Waals surface area (Å²) in [7, 11) is 4.55. The van der Waals surface area contributed by atoms with Crippen LogP contribution in [0.1, 0.15) is 67.2 Å². The van der Waals surface area contributed by atoms with Gasteiger partial charge in [0.1, 0.15) is 0 Å². The molecule has 2 aliphatic carbocycles. The standard InChI is InChI=1S/C20H21NO.C8H17N/c1-14-7-10-19(11-8-14)21-20(22)17-5-3-4-16-9-6-15(2)12-18(16)13-17;1-9(2)8-6-4-3-5-7-8/h6-13H,3-5H2,1-2H3,(H,21,22);8H,3-7H2,1-2H3/p+1. The Balaban J connectivity index is 0.000000254. The molecule has 166 valence electrons. The van der Waals surface area contributed by atoms with Crippen LogP contribution in [-0.4, -0.2) is 26.0 Å². The number of carbonyl (C=O) groups is 1. The molecule has 2 aromatic carbocycles. The van der Waals surface area contributed by atoms with E-state index >= 15 is 0 Å². The van der Waals surface area contributed by atoms with Gasteiger partial charge in [-0.25, -0.2) is 0 Å². The summed E-state index contributed by atoms with van der Waals surface area (Å²) in [6.07, 6.45) is 12.3. The number of fused-ring (bicyclic) bond motifs is 1. The number of anilines is 1. The highest BCUT2D eigenvalue weighted by atomic mass is 16.1. The molecule has 3 heteroatoms. The van der Waals surface area contributed by atoms with Crippen LogP contribution in [0, 0.1) is 13.8 Å². The van der Waals surface area contributed by atoms with E-state index in [0.29, 0.717) is 0 Å². The van der Waals surface area contributed by atoms with Crippen molar-refractivity contribution in [3.8, 4) is 0 Å². The minimum absolute atomic E-state index is 0.0122. The van der Waals surface area contributed by atoms with E-state index in [1.54, 1.807) is 4.90 Å². The summed E-state index contributed by atoms with van der Waals surface area (Å²) < 4.78 is 0. The normalized spacial score (nSPS) is 16.5. The Hall–Kier alpha value is -2.39. The molecule has 0 bridgehead atoms. The third kappa shape index (κ3) is 7.07. The number of hydrogen-bond acceptors (Lipinski definition) is 1. The molecule has 0 atom stereocenters. The molecular formula is C28H39N2O+. The lowest BCUT2D eigenvalue weighted by Crippen LogP contribution is -3.10. The quantitative estimate of drug-likeness (QED) is 0.711. The first-order valence-electron chi connectivity index (χ1n) is 11.9. The molecule has 0 heterocycles. The zero-order chi connectivity index (χ0) is 22.2. The highest BCUT2D eigenvalue weighted by Gasteiger charge is 2.17. The van der Waals surface area contributed by atoms with Crippen LogP contribution in [0.4, 0.5) is 5.69 Å². The molecule has 31 heavy (non-hydrogen) atoms. The fourth-order valence-electron chi connectivity index (χ4n) is 4.51. The van der Waals surface area contributed by atoms with Gasteiger partial charge in [-0.15, -0.1) is 0 Å². The maximum atomic E-state index is 12.5. The summed E-state index contributed by atoms with van der Waals surface area (Å²) in [5.41, 5.74) is 6.66. The predicted octanol–water partition coefficient (Wildman–Crippen LogP) is 5.13. The molecule has 2 aliphatic rings. The summed E-state index contributed by atoms with van der Waals surface area (Å²) in [5.74, 6) is 0.0122. The first-order valence-corrected chi connectivity index (χ1v) is 11.9. The number of benzene rings is 2. The number of amides is 1. The van der Waals surface area contributed by atoms with Gasteiger partial charge in [0.2, 0.25) is 0 Å². The van der Waals surface area contributed by atoms with Crippen LogP contribution in [-0.2, 0) is 11.2 Å². The molecule has 4 rings (SSSR count). The lowest BCUT2D eigenvalue weighted by atomic mass is 9.95. The predicted molar refractivity (Wildman–Crippen MR) is 132 cm³/mol. The van der Waals surface area contributed by atoms with Crippen molar-refractivity contribution in [3.63, 3.8) is 0 Å². The monoisotopic (exact) mass is 419 g/mol. The van der Waals surface area contributed by atoms with E-state index in [-0.39, 0.29) is 5.91 Å². The molecule has 1 amide bonds.